The molecule has 1 nitrogen and oxygen atoms in total. The smallest absolute Gasteiger partial charge is 0.0726 e. The first kappa shape index (κ1) is 22.7. The summed E-state index contributed by atoms with van der Waals surface area (Å²) in [7, 11) is 0. The Balaban J connectivity index is 1.09. The molecule has 0 saturated heterocycles. The third-order valence-electron chi connectivity index (χ3n) is 15.1. The van der Waals surface area contributed by atoms with E-state index in [1.807, 2.05) is 48.5 Å². The highest BCUT2D eigenvalue weighted by atomic mass is 15.1. The number of fused-ring (bicyclic) bond motifs is 17. The minimum absolute atomic E-state index is 0.196. The van der Waals surface area contributed by atoms with Crippen molar-refractivity contribution >= 4 is 27.8 Å². The van der Waals surface area contributed by atoms with Crippen molar-refractivity contribution in [3.63, 3.8) is 0 Å². The van der Waals surface area contributed by atoms with Crippen LogP contribution in [0.15, 0.2) is 236 Å². The summed E-state index contributed by atoms with van der Waals surface area (Å²) < 4.78 is 256. The number of rotatable bonds is 5. The van der Waals surface area contributed by atoms with Gasteiger partial charge in [-0.25, -0.2) is 0 Å². The average molecular weight is 945 g/mol. The molecule has 0 heterocycles. The normalized spacial score (nSPS) is 20.7. The highest BCUT2D eigenvalue weighted by molar-refractivity contribution is 6.05. The van der Waals surface area contributed by atoms with Crippen molar-refractivity contribution in [2.75, 3.05) is 4.90 Å². The lowest BCUT2D eigenvalue weighted by Crippen LogP contribution is -2.26. The molecule has 0 unspecified atom stereocenters. The van der Waals surface area contributed by atoms with E-state index in [9.17, 15) is 30.2 Å². The summed E-state index contributed by atoms with van der Waals surface area (Å²) in [5.41, 5.74) is -8.99. The van der Waals surface area contributed by atoms with E-state index in [0.717, 1.165) is 55.1 Å². The van der Waals surface area contributed by atoms with Gasteiger partial charge < -0.3 is 4.90 Å². The maximum absolute atomic E-state index is 11.0. The van der Waals surface area contributed by atoms with Crippen molar-refractivity contribution in [2.45, 2.75) is 43.8 Å². The molecule has 0 atom stereocenters. The molecule has 11 aromatic rings. The van der Waals surface area contributed by atoms with Gasteiger partial charge in [0.1, 0.15) is 0 Å². The maximum Gasteiger partial charge on any atom is 0.0726 e. The Labute approximate surface area is 460 Å². The topological polar surface area (TPSA) is 3.24 Å². The lowest BCUT2D eigenvalue weighted by atomic mass is 9.70. The molecule has 1 spiro atoms. The molecule has 0 aromatic heterocycles. The summed E-state index contributed by atoms with van der Waals surface area (Å²) in [6.45, 7) is -3.42. The number of hydrogen-bond acceptors (Lipinski definition) is 1. The summed E-state index contributed by atoms with van der Waals surface area (Å²) in [5, 5.41) is 1.75. The predicted molar refractivity (Wildman–Crippen MR) is 301 cm³/mol. The second kappa shape index (κ2) is 14.8. The van der Waals surface area contributed by atoms with Crippen LogP contribution in [0.3, 0.4) is 0 Å². The lowest BCUT2D eigenvalue weighted by Gasteiger charge is -2.32. The third kappa shape index (κ3) is 5.43. The van der Waals surface area contributed by atoms with Gasteiger partial charge in [-0.1, -0.05) is 221 Å². The fourth-order valence-electron chi connectivity index (χ4n) is 11.9. The molecular weight excluding hydrogens is 867 g/mol. The van der Waals surface area contributed by atoms with Crippen molar-refractivity contribution in [3.8, 4) is 66.8 Å². The Morgan fingerprint density at radius 3 is 1.64 bits per heavy atom. The van der Waals surface area contributed by atoms with Gasteiger partial charge in [0.15, 0.2) is 0 Å². The van der Waals surface area contributed by atoms with Gasteiger partial charge in [0, 0.05) is 36.1 Å². The zero-order valence-electron chi connectivity index (χ0n) is 65.3. The summed E-state index contributed by atoms with van der Waals surface area (Å²) >= 11 is 0. The third-order valence-corrected chi connectivity index (χ3v) is 15.1. The van der Waals surface area contributed by atoms with Gasteiger partial charge in [-0.15, -0.1) is 0 Å². The van der Waals surface area contributed by atoms with Crippen molar-refractivity contribution < 1.29 is 37.0 Å². The van der Waals surface area contributed by atoms with Crippen LogP contribution in [0.5, 0.6) is 0 Å². The molecular formula is C71H51N. The van der Waals surface area contributed by atoms with Crippen LogP contribution in [0.2, 0.25) is 0 Å². The number of nitrogens with zero attached hydrogens (tertiary/aromatic N) is 1. The molecule has 72 heavy (non-hydrogen) atoms. The summed E-state index contributed by atoms with van der Waals surface area (Å²) in [4.78, 5) is 0.934. The van der Waals surface area contributed by atoms with Crippen LogP contribution >= 0.6 is 0 Å². The maximum atomic E-state index is 11.0. The van der Waals surface area contributed by atoms with Gasteiger partial charge in [-0.05, 0) is 164 Å². The van der Waals surface area contributed by atoms with Crippen LogP contribution in [0.25, 0.3) is 77.5 Å². The van der Waals surface area contributed by atoms with Crippen LogP contribution in [0.4, 0.5) is 17.1 Å². The van der Waals surface area contributed by atoms with Crippen molar-refractivity contribution in [1.29, 1.82) is 0 Å². The molecule has 340 valence electrons. The Bertz CT molecular complexity index is 5510. The summed E-state index contributed by atoms with van der Waals surface area (Å²) in [6, 6.07) is 13.8. The first-order chi connectivity index (χ1) is 46.5. The van der Waals surface area contributed by atoms with Crippen molar-refractivity contribution in [1.82, 2.24) is 0 Å². The molecule has 0 radical (unpaired) electrons. The Kier molecular flexibility index (Phi) is 4.65. The highest BCUT2D eigenvalue weighted by Crippen LogP contribution is 2.63. The average Bonchev–Trinajstić information content (AvgIpc) is 1.43. The minimum atomic E-state index is -3.88. The number of hydrogen-bond donors (Lipinski definition) is 0. The van der Waals surface area contributed by atoms with Gasteiger partial charge >= 0.3 is 0 Å². The standard InChI is InChI=1S/C71H51N/c1-69(2)61-25-13-8-23-56(61)59-41-46(32-40-62(59)69)68-50-18-6-5-17-44(50)31-37-51(68)45-29-33-47(34-30-45)72(48-35-38-57-52-19-7-12-24-60(52)70(3,4)66(57)42-48)49-36-39-58-55-22-11-16-28-65(55)71(67(58)43-49)63-26-14-9-20-53(63)54-21-10-15-27-64(54)71/h5-43H,1-4H3/i3D3,4D3,7D,9D,10D,11D,12D,14D,15D,16D,19D,20D,21D,22D,24D,26D,27D,28D,35D,36D,38D,42D,43D. The second-order valence-electron chi connectivity index (χ2n) is 19.0. The molecule has 4 aliphatic carbocycles. The van der Waals surface area contributed by atoms with E-state index in [1.54, 1.807) is 12.1 Å². The van der Waals surface area contributed by atoms with Crippen LogP contribution in [0, 0.1) is 0 Å². The van der Waals surface area contributed by atoms with E-state index in [4.69, 9.17) is 6.85 Å². The molecule has 0 bridgehead atoms. The molecule has 4 aliphatic rings. The van der Waals surface area contributed by atoms with Crippen LogP contribution in [-0.4, -0.2) is 0 Å². The molecule has 1 heteroatoms. The van der Waals surface area contributed by atoms with E-state index in [2.05, 4.69) is 44.2 Å². The van der Waals surface area contributed by atoms with Gasteiger partial charge in [-0.3, -0.25) is 0 Å². The van der Waals surface area contributed by atoms with Crippen LogP contribution in [-0.2, 0) is 16.2 Å². The van der Waals surface area contributed by atoms with Gasteiger partial charge in [0.05, 0.1) is 34.2 Å². The highest BCUT2D eigenvalue weighted by Gasteiger charge is 2.52. The molecule has 0 N–H and O–H groups in total. The number of anilines is 3. The summed E-state index contributed by atoms with van der Waals surface area (Å²) in [5.74, 6) is 0. The first-order valence-electron chi connectivity index (χ1n) is 36.9. The monoisotopic (exact) mass is 945 g/mol. The molecule has 0 saturated carbocycles. The van der Waals surface area contributed by atoms with Gasteiger partial charge in [0.25, 0.3) is 0 Å². The van der Waals surface area contributed by atoms with E-state index in [1.165, 1.54) is 12.1 Å². The van der Waals surface area contributed by atoms with E-state index < -0.39 is 224 Å². The van der Waals surface area contributed by atoms with Crippen molar-refractivity contribution in [2.24, 2.45) is 0 Å². The van der Waals surface area contributed by atoms with Crippen molar-refractivity contribution in [3.05, 3.63) is 281 Å². The minimum Gasteiger partial charge on any atom is -0.310 e. The van der Waals surface area contributed by atoms with Gasteiger partial charge in [-0.2, -0.15) is 0 Å². The van der Waals surface area contributed by atoms with Crippen LogP contribution in [0.1, 0.15) is 109 Å². The zero-order chi connectivity index (χ0) is 71.4. The van der Waals surface area contributed by atoms with E-state index in [-0.39, 0.29) is 16.7 Å². The Morgan fingerprint density at radius 2 is 0.917 bits per heavy atom. The first-order valence-corrected chi connectivity index (χ1v) is 23.4. The molecule has 11 aromatic carbocycles. The fourth-order valence-corrected chi connectivity index (χ4v) is 11.9. The summed E-state index contributed by atoms with van der Waals surface area (Å²) in [6.07, 6.45) is 0. The quantitative estimate of drug-likeness (QED) is 0.166. The van der Waals surface area contributed by atoms with E-state index in [0.29, 0.717) is 11.1 Å². The fraction of sp³-hybridized carbons (Fsp3) is 0.0986. The molecule has 0 fully saturated rings. The van der Waals surface area contributed by atoms with Gasteiger partial charge in [0.2, 0.25) is 0 Å². The Hall–Kier alpha value is -8.52. The SMILES string of the molecule is [2H]c1cc2c(c([2H])c1N(c1ccc(-c3ccc4ccccc4c3-c3ccc4c(c3)-c3ccccc3C4(C)C)cc1)c1c([2H])c([2H])c3c(c1[2H])C(C([2H])([2H])[2H])(C([2H])([2H])[2H])c1c([2H])c([2H])c([2H])c([2H])c1-3)C1(c3c([2H])c([2H])c([2H])c([2H])c3-2)c2c([2H])c([2H])c([2H])c([2H])c2-c2c([2H])c([2H])c([2H])c([2H])c21. The molecule has 15 rings (SSSR count). The Morgan fingerprint density at radius 1 is 0.361 bits per heavy atom. The lowest BCUT2D eigenvalue weighted by molar-refractivity contribution is 0.660. The van der Waals surface area contributed by atoms with Crippen LogP contribution < -0.4 is 4.90 Å². The zero-order valence-corrected chi connectivity index (χ0v) is 38.3. The largest absolute Gasteiger partial charge is 0.310 e. The molecule has 0 aliphatic heterocycles. The number of benzene rings is 11. The van der Waals surface area contributed by atoms with E-state index >= 15 is 0 Å². The predicted octanol–water partition coefficient (Wildman–Crippen LogP) is 18.6. The second-order valence-corrected chi connectivity index (χ2v) is 19.0. The molecule has 0 amide bonds.